The number of likely N-dealkylation sites (tertiary alicyclic amines) is 1. The van der Waals surface area contributed by atoms with Crippen molar-refractivity contribution in [3.8, 4) is 0 Å². The molecule has 0 saturated carbocycles. The maximum Gasteiger partial charge on any atom is 0.490 e. The second-order valence-electron chi connectivity index (χ2n) is 6.80. The molecule has 0 aromatic carbocycles. The third-order valence-electron chi connectivity index (χ3n) is 4.68. The van der Waals surface area contributed by atoms with Crippen molar-refractivity contribution in [3.05, 3.63) is 35.9 Å². The number of rotatable bonds is 3. The van der Waals surface area contributed by atoms with Gasteiger partial charge >= 0.3 is 12.1 Å². The van der Waals surface area contributed by atoms with Gasteiger partial charge in [-0.2, -0.15) is 18.2 Å². The Hall–Kier alpha value is -2.40. The summed E-state index contributed by atoms with van der Waals surface area (Å²) in [6, 6.07) is 2.02. The Kier molecular flexibility index (Phi) is 6.04. The number of aryl methyl sites for hydroxylation is 1. The van der Waals surface area contributed by atoms with E-state index in [9.17, 15) is 13.2 Å². The minimum absolute atomic E-state index is 0.0323. The minimum atomic E-state index is -5.08. The predicted octanol–water partition coefficient (Wildman–Crippen LogP) is 2.96. The summed E-state index contributed by atoms with van der Waals surface area (Å²) in [6.45, 7) is 4.82. The van der Waals surface area contributed by atoms with E-state index in [1.165, 1.54) is 5.56 Å². The Labute approximate surface area is 158 Å². The first-order chi connectivity index (χ1) is 13.2. The molecule has 4 heterocycles. The summed E-state index contributed by atoms with van der Waals surface area (Å²) in [4.78, 5) is 15.6. The molecule has 0 amide bonds. The molecule has 2 aromatic rings. The van der Waals surface area contributed by atoms with Crippen LogP contribution in [-0.4, -0.2) is 51.5 Å². The van der Waals surface area contributed by atoms with Gasteiger partial charge in [0, 0.05) is 18.7 Å². The highest BCUT2D eigenvalue weighted by Crippen LogP contribution is 2.40. The van der Waals surface area contributed by atoms with E-state index in [-0.39, 0.29) is 12.2 Å². The monoisotopic (exact) mass is 403 g/mol. The molecule has 0 bridgehead atoms. The normalized spacial score (nSPS) is 25.1. The van der Waals surface area contributed by atoms with Gasteiger partial charge < -0.3 is 18.8 Å². The summed E-state index contributed by atoms with van der Waals surface area (Å²) in [7, 11) is 0. The predicted molar refractivity (Wildman–Crippen MR) is 87.0 cm³/mol. The Morgan fingerprint density at radius 2 is 2.18 bits per heavy atom. The number of furan rings is 1. The lowest BCUT2D eigenvalue weighted by Gasteiger charge is -2.33. The van der Waals surface area contributed by atoms with E-state index in [4.69, 9.17) is 23.6 Å². The van der Waals surface area contributed by atoms with Crippen LogP contribution < -0.4 is 0 Å². The molecule has 4 rings (SSSR count). The van der Waals surface area contributed by atoms with E-state index in [0.29, 0.717) is 17.6 Å². The molecule has 0 aliphatic carbocycles. The number of carbonyl (C=O) groups is 1. The number of carboxylic acids is 1. The number of hydrogen-bond donors (Lipinski definition) is 1. The first-order valence-electron chi connectivity index (χ1n) is 8.71. The lowest BCUT2D eigenvalue weighted by Crippen LogP contribution is -2.41. The van der Waals surface area contributed by atoms with Crippen LogP contribution in [0.25, 0.3) is 0 Å². The Morgan fingerprint density at radius 3 is 2.75 bits per heavy atom. The number of fused-ring (bicyclic) bond motifs is 1. The van der Waals surface area contributed by atoms with Crippen LogP contribution in [0.4, 0.5) is 13.2 Å². The molecule has 3 atom stereocenters. The second-order valence-corrected chi connectivity index (χ2v) is 6.80. The highest BCUT2D eigenvalue weighted by atomic mass is 19.4. The SMILES string of the molecule is Cc1noc([C@@H]2C[C@@H]3CCN(Cc4ccoc4)C[C@H]3O2)n1.O=C(O)C(F)(F)F. The van der Waals surface area contributed by atoms with E-state index in [0.717, 1.165) is 32.5 Å². The average molecular weight is 403 g/mol. The number of alkyl halides is 3. The van der Waals surface area contributed by atoms with Gasteiger partial charge in [0.15, 0.2) is 5.82 Å². The molecular formula is C17H20F3N3O5. The lowest BCUT2D eigenvalue weighted by molar-refractivity contribution is -0.192. The summed E-state index contributed by atoms with van der Waals surface area (Å²) in [5.41, 5.74) is 1.22. The quantitative estimate of drug-likeness (QED) is 0.835. The number of aliphatic carboxylic acids is 1. The van der Waals surface area contributed by atoms with Crippen molar-refractivity contribution in [2.75, 3.05) is 13.1 Å². The van der Waals surface area contributed by atoms with Gasteiger partial charge in [0.1, 0.15) is 6.10 Å². The van der Waals surface area contributed by atoms with Gasteiger partial charge in [0.25, 0.3) is 5.89 Å². The lowest BCUT2D eigenvalue weighted by atomic mass is 9.91. The van der Waals surface area contributed by atoms with Crippen LogP contribution in [0.1, 0.15) is 36.2 Å². The standard InChI is InChI=1S/C15H19N3O3.C2HF3O2/c1-10-16-15(21-17-10)13-6-12-2-4-18(8-14(12)20-13)7-11-3-5-19-9-11;3-2(4,5)1(6)7/h3,5,9,12-14H,2,4,6-8H2,1H3;(H,6,7)/t12-,13-,14+;/m0./s1. The fraction of sp³-hybridized carbons (Fsp3) is 0.588. The third kappa shape index (κ3) is 5.10. The van der Waals surface area contributed by atoms with Crippen LogP contribution in [0.5, 0.6) is 0 Å². The maximum absolute atomic E-state index is 10.6. The summed E-state index contributed by atoms with van der Waals surface area (Å²) >= 11 is 0. The molecule has 8 nitrogen and oxygen atoms in total. The van der Waals surface area contributed by atoms with Crippen LogP contribution in [0.15, 0.2) is 27.5 Å². The first-order valence-corrected chi connectivity index (χ1v) is 8.71. The highest BCUT2D eigenvalue weighted by molar-refractivity contribution is 5.73. The molecule has 11 heteroatoms. The average Bonchev–Trinajstić information content (AvgIpc) is 3.34. The van der Waals surface area contributed by atoms with Crippen LogP contribution in [0, 0.1) is 12.8 Å². The number of halogens is 3. The molecule has 1 N–H and O–H groups in total. The summed E-state index contributed by atoms with van der Waals surface area (Å²) < 4.78 is 48.3. The van der Waals surface area contributed by atoms with E-state index < -0.39 is 12.1 Å². The molecule has 2 aromatic heterocycles. The summed E-state index contributed by atoms with van der Waals surface area (Å²) in [5, 5.41) is 11.0. The smallest absolute Gasteiger partial charge is 0.475 e. The number of piperidine rings is 1. The fourth-order valence-electron chi connectivity index (χ4n) is 3.38. The topological polar surface area (TPSA) is 102 Å². The molecule has 0 spiro atoms. The summed E-state index contributed by atoms with van der Waals surface area (Å²) in [5.74, 6) is -0.858. The van der Waals surface area contributed by atoms with Gasteiger partial charge in [-0.25, -0.2) is 4.79 Å². The van der Waals surface area contributed by atoms with Crippen LogP contribution in [-0.2, 0) is 16.1 Å². The van der Waals surface area contributed by atoms with Crippen molar-refractivity contribution < 1.29 is 36.7 Å². The molecular weight excluding hydrogens is 383 g/mol. The number of aromatic nitrogens is 2. The van der Waals surface area contributed by atoms with Crippen molar-refractivity contribution in [2.24, 2.45) is 5.92 Å². The second kappa shape index (κ2) is 8.31. The molecule has 2 fully saturated rings. The molecule has 0 radical (unpaired) electrons. The Morgan fingerprint density at radius 1 is 1.43 bits per heavy atom. The maximum atomic E-state index is 10.6. The van der Waals surface area contributed by atoms with E-state index in [1.54, 1.807) is 6.26 Å². The van der Waals surface area contributed by atoms with Gasteiger partial charge in [-0.05, 0) is 38.3 Å². The van der Waals surface area contributed by atoms with E-state index in [2.05, 4.69) is 15.0 Å². The minimum Gasteiger partial charge on any atom is -0.475 e. The van der Waals surface area contributed by atoms with Crippen molar-refractivity contribution in [1.82, 2.24) is 15.0 Å². The molecule has 2 aliphatic heterocycles. The van der Waals surface area contributed by atoms with Crippen molar-refractivity contribution in [2.45, 2.75) is 44.7 Å². The van der Waals surface area contributed by atoms with E-state index >= 15 is 0 Å². The van der Waals surface area contributed by atoms with Crippen molar-refractivity contribution in [3.63, 3.8) is 0 Å². The highest BCUT2D eigenvalue weighted by Gasteiger charge is 2.41. The van der Waals surface area contributed by atoms with Crippen molar-refractivity contribution >= 4 is 5.97 Å². The molecule has 0 unspecified atom stereocenters. The van der Waals surface area contributed by atoms with E-state index in [1.807, 2.05) is 19.3 Å². The largest absolute Gasteiger partial charge is 0.490 e. The van der Waals surface area contributed by atoms with Gasteiger partial charge in [-0.15, -0.1) is 0 Å². The summed E-state index contributed by atoms with van der Waals surface area (Å²) in [6.07, 6.45) is 0.837. The van der Waals surface area contributed by atoms with Crippen LogP contribution >= 0.6 is 0 Å². The zero-order valence-electron chi connectivity index (χ0n) is 15.1. The van der Waals surface area contributed by atoms with Gasteiger partial charge in [-0.1, -0.05) is 5.16 Å². The van der Waals surface area contributed by atoms with Crippen LogP contribution in [0.2, 0.25) is 0 Å². The zero-order chi connectivity index (χ0) is 20.3. The molecule has 28 heavy (non-hydrogen) atoms. The first kappa shape index (κ1) is 20.3. The van der Waals surface area contributed by atoms with Crippen LogP contribution in [0.3, 0.4) is 0 Å². The zero-order valence-corrected chi connectivity index (χ0v) is 15.1. The van der Waals surface area contributed by atoms with Crippen molar-refractivity contribution in [1.29, 1.82) is 0 Å². The van der Waals surface area contributed by atoms with Gasteiger partial charge in [0.2, 0.25) is 0 Å². The number of nitrogens with zero attached hydrogens (tertiary/aromatic N) is 3. The third-order valence-corrected chi connectivity index (χ3v) is 4.68. The Bertz CT molecular complexity index is 777. The molecule has 2 saturated heterocycles. The van der Waals surface area contributed by atoms with Gasteiger partial charge in [-0.3, -0.25) is 4.90 Å². The fourth-order valence-corrected chi connectivity index (χ4v) is 3.38. The molecule has 154 valence electrons. The number of hydrogen-bond acceptors (Lipinski definition) is 7. The van der Waals surface area contributed by atoms with Gasteiger partial charge in [0.05, 0.1) is 18.6 Å². The Balaban J connectivity index is 0.000000279. The number of carboxylic acid groups (broad SMARTS) is 1. The number of ether oxygens (including phenoxy) is 1. The molecule has 2 aliphatic rings.